The third-order valence-corrected chi connectivity index (χ3v) is 2.38. The Balaban J connectivity index is 1.89. The van der Waals surface area contributed by atoms with Crippen LogP contribution in [0.2, 0.25) is 0 Å². The Morgan fingerprint density at radius 1 is 1.28 bits per heavy atom. The van der Waals surface area contributed by atoms with Gasteiger partial charge >= 0.3 is 0 Å². The number of allylic oxidation sites excluding steroid dienone is 1. The second-order valence-corrected chi connectivity index (χ2v) is 3.82. The van der Waals surface area contributed by atoms with Gasteiger partial charge in [0.2, 0.25) is 5.95 Å². The van der Waals surface area contributed by atoms with Crippen LogP contribution in [0.25, 0.3) is 5.95 Å². The van der Waals surface area contributed by atoms with Crippen LogP contribution in [-0.4, -0.2) is 26.3 Å². The van der Waals surface area contributed by atoms with Crippen LogP contribution in [-0.2, 0) is 0 Å². The molecule has 0 saturated carbocycles. The predicted molar refractivity (Wildman–Crippen MR) is 71.7 cm³/mol. The van der Waals surface area contributed by atoms with Crippen LogP contribution in [0.1, 0.15) is 19.8 Å². The van der Waals surface area contributed by atoms with Gasteiger partial charge in [-0.15, -0.1) is 0 Å². The van der Waals surface area contributed by atoms with Crippen molar-refractivity contribution in [2.45, 2.75) is 19.8 Å². The lowest BCUT2D eigenvalue weighted by Gasteiger charge is -1.99. The Labute approximate surface area is 107 Å². The van der Waals surface area contributed by atoms with Gasteiger partial charge in [-0.25, -0.2) is 14.6 Å². The quantitative estimate of drug-likeness (QED) is 0.625. The van der Waals surface area contributed by atoms with Gasteiger partial charge in [0.05, 0.1) is 18.1 Å². The smallest absolute Gasteiger partial charge is 0.250 e. The lowest BCUT2D eigenvalue weighted by atomic mass is 10.3. The fourth-order valence-electron chi connectivity index (χ4n) is 1.52. The van der Waals surface area contributed by atoms with Gasteiger partial charge in [-0.2, -0.15) is 5.10 Å². The number of aromatic nitrogens is 4. The molecule has 2 aromatic heterocycles. The summed E-state index contributed by atoms with van der Waals surface area (Å²) < 4.78 is 1.66. The van der Waals surface area contributed by atoms with Crippen molar-refractivity contribution in [2.75, 3.05) is 11.9 Å². The van der Waals surface area contributed by atoms with E-state index in [1.807, 2.05) is 6.20 Å². The summed E-state index contributed by atoms with van der Waals surface area (Å²) >= 11 is 0. The summed E-state index contributed by atoms with van der Waals surface area (Å²) in [5.74, 6) is 0.580. The van der Waals surface area contributed by atoms with E-state index >= 15 is 0 Å². The average Bonchev–Trinajstić information content (AvgIpc) is 2.88. The van der Waals surface area contributed by atoms with Crippen molar-refractivity contribution in [3.63, 3.8) is 0 Å². The largest absolute Gasteiger partial charge is 0.382 e. The predicted octanol–water partition coefficient (Wildman–Crippen LogP) is 2.43. The van der Waals surface area contributed by atoms with Crippen LogP contribution in [0.15, 0.2) is 43.0 Å². The number of hydrogen-bond donors (Lipinski definition) is 1. The summed E-state index contributed by atoms with van der Waals surface area (Å²) in [7, 11) is 0. The summed E-state index contributed by atoms with van der Waals surface area (Å²) in [4.78, 5) is 8.27. The molecule has 0 fully saturated rings. The minimum Gasteiger partial charge on any atom is -0.382 e. The molecule has 0 saturated heterocycles. The number of anilines is 1. The van der Waals surface area contributed by atoms with E-state index in [4.69, 9.17) is 0 Å². The zero-order valence-electron chi connectivity index (χ0n) is 10.5. The molecule has 0 amide bonds. The summed E-state index contributed by atoms with van der Waals surface area (Å²) in [5.41, 5.74) is 0.979. The van der Waals surface area contributed by atoms with Gasteiger partial charge < -0.3 is 5.32 Å². The molecule has 2 aromatic rings. The molecule has 0 spiro atoms. The highest BCUT2D eigenvalue weighted by molar-refractivity contribution is 5.39. The Bertz CT molecular complexity index is 489. The SMILES string of the molecule is CCC=CCCNc1cnn(-c2ncccn2)c1. The van der Waals surface area contributed by atoms with Crippen LogP contribution in [0, 0.1) is 0 Å². The second-order valence-electron chi connectivity index (χ2n) is 3.82. The Morgan fingerprint density at radius 3 is 2.89 bits per heavy atom. The van der Waals surface area contributed by atoms with Gasteiger partial charge in [-0.1, -0.05) is 19.1 Å². The van der Waals surface area contributed by atoms with Gasteiger partial charge in [0, 0.05) is 18.9 Å². The summed E-state index contributed by atoms with van der Waals surface area (Å²) in [6, 6.07) is 1.78. The van der Waals surface area contributed by atoms with E-state index in [1.54, 1.807) is 29.3 Å². The highest BCUT2D eigenvalue weighted by Crippen LogP contribution is 2.07. The van der Waals surface area contributed by atoms with Crippen molar-refractivity contribution in [3.05, 3.63) is 43.0 Å². The molecule has 0 aliphatic rings. The van der Waals surface area contributed by atoms with Gasteiger partial charge in [0.15, 0.2) is 0 Å². The van der Waals surface area contributed by atoms with E-state index in [-0.39, 0.29) is 0 Å². The Kier molecular flexibility index (Phi) is 4.46. The first kappa shape index (κ1) is 12.3. The zero-order chi connectivity index (χ0) is 12.6. The van der Waals surface area contributed by atoms with Gasteiger partial charge in [0.25, 0.3) is 0 Å². The molecule has 5 nitrogen and oxygen atoms in total. The number of nitrogens with zero attached hydrogens (tertiary/aromatic N) is 4. The fourth-order valence-corrected chi connectivity index (χ4v) is 1.52. The number of nitrogens with one attached hydrogen (secondary N) is 1. The highest BCUT2D eigenvalue weighted by Gasteiger charge is 2.01. The lowest BCUT2D eigenvalue weighted by Crippen LogP contribution is -2.01. The van der Waals surface area contributed by atoms with Crippen LogP contribution >= 0.6 is 0 Å². The van der Waals surface area contributed by atoms with E-state index in [0.717, 1.165) is 25.1 Å². The summed E-state index contributed by atoms with van der Waals surface area (Å²) in [6.45, 7) is 3.03. The van der Waals surface area contributed by atoms with Crippen molar-refractivity contribution >= 4 is 5.69 Å². The molecule has 2 heterocycles. The number of rotatable bonds is 6. The molecule has 0 bridgehead atoms. The maximum absolute atomic E-state index is 4.21. The third kappa shape index (κ3) is 3.41. The molecule has 1 N–H and O–H groups in total. The van der Waals surface area contributed by atoms with Crippen molar-refractivity contribution in [2.24, 2.45) is 0 Å². The Hall–Kier alpha value is -2.17. The first-order valence-corrected chi connectivity index (χ1v) is 6.11. The standard InChI is InChI=1S/C13H17N5/c1-2-3-4-5-7-14-12-10-17-18(11-12)13-15-8-6-9-16-13/h3-4,6,8-11,14H,2,5,7H2,1H3. The molecule has 0 radical (unpaired) electrons. The topological polar surface area (TPSA) is 55.6 Å². The molecule has 94 valence electrons. The molecule has 2 rings (SSSR count). The fraction of sp³-hybridized carbons (Fsp3) is 0.308. The monoisotopic (exact) mass is 243 g/mol. The maximum atomic E-state index is 4.21. The third-order valence-electron chi connectivity index (χ3n) is 2.38. The molecule has 0 aromatic carbocycles. The average molecular weight is 243 g/mol. The molecule has 0 aliphatic carbocycles. The summed E-state index contributed by atoms with van der Waals surface area (Å²) in [5, 5.41) is 7.52. The van der Waals surface area contributed by atoms with Crippen molar-refractivity contribution < 1.29 is 0 Å². The lowest BCUT2D eigenvalue weighted by molar-refractivity contribution is 0.808. The van der Waals surface area contributed by atoms with Crippen molar-refractivity contribution in [1.82, 2.24) is 19.7 Å². The minimum absolute atomic E-state index is 0.580. The first-order valence-electron chi connectivity index (χ1n) is 6.11. The highest BCUT2D eigenvalue weighted by atomic mass is 15.3. The Morgan fingerprint density at radius 2 is 2.11 bits per heavy atom. The second kappa shape index (κ2) is 6.54. The molecule has 0 aliphatic heterocycles. The molecule has 5 heteroatoms. The van der Waals surface area contributed by atoms with Gasteiger partial charge in [-0.3, -0.25) is 0 Å². The maximum Gasteiger partial charge on any atom is 0.250 e. The molecular formula is C13H17N5. The van der Waals surface area contributed by atoms with E-state index in [2.05, 4.69) is 39.5 Å². The normalized spacial score (nSPS) is 10.9. The van der Waals surface area contributed by atoms with Crippen LogP contribution in [0.4, 0.5) is 5.69 Å². The molecule has 0 atom stereocenters. The first-order chi connectivity index (χ1) is 8.90. The number of hydrogen-bond acceptors (Lipinski definition) is 4. The van der Waals surface area contributed by atoms with E-state index in [0.29, 0.717) is 5.95 Å². The molecular weight excluding hydrogens is 226 g/mol. The van der Waals surface area contributed by atoms with Crippen LogP contribution < -0.4 is 5.32 Å². The van der Waals surface area contributed by atoms with Gasteiger partial charge in [-0.05, 0) is 18.9 Å². The van der Waals surface area contributed by atoms with Crippen LogP contribution in [0.5, 0.6) is 0 Å². The van der Waals surface area contributed by atoms with Crippen molar-refractivity contribution in [3.8, 4) is 5.95 Å². The van der Waals surface area contributed by atoms with Crippen molar-refractivity contribution in [1.29, 1.82) is 0 Å². The molecule has 0 unspecified atom stereocenters. The summed E-state index contributed by atoms with van der Waals surface area (Å²) in [6.07, 6.45) is 13.5. The van der Waals surface area contributed by atoms with Gasteiger partial charge in [0.1, 0.15) is 0 Å². The van der Waals surface area contributed by atoms with E-state index in [1.165, 1.54) is 0 Å². The zero-order valence-corrected chi connectivity index (χ0v) is 10.5. The van der Waals surface area contributed by atoms with Crippen LogP contribution in [0.3, 0.4) is 0 Å². The minimum atomic E-state index is 0.580. The van der Waals surface area contributed by atoms with E-state index < -0.39 is 0 Å². The molecule has 18 heavy (non-hydrogen) atoms. The van der Waals surface area contributed by atoms with E-state index in [9.17, 15) is 0 Å².